The molecule has 2 N–H and O–H groups in total. The van der Waals surface area contributed by atoms with Gasteiger partial charge in [-0.1, -0.05) is 48.5 Å². The van der Waals surface area contributed by atoms with Gasteiger partial charge in [-0.25, -0.2) is 0 Å². The quantitative estimate of drug-likeness (QED) is 0.276. The second kappa shape index (κ2) is 11.1. The zero-order valence-electron chi connectivity index (χ0n) is 23.2. The van der Waals surface area contributed by atoms with Crippen LogP contribution in [0.2, 0.25) is 0 Å². The van der Waals surface area contributed by atoms with Gasteiger partial charge in [0.05, 0.1) is 18.6 Å². The summed E-state index contributed by atoms with van der Waals surface area (Å²) in [5.41, 5.74) is 9.95. The first-order valence-corrected chi connectivity index (χ1v) is 13.5. The van der Waals surface area contributed by atoms with Gasteiger partial charge in [0, 0.05) is 17.9 Å². The monoisotopic (exact) mass is 523 g/mol. The van der Waals surface area contributed by atoms with Crippen LogP contribution in [0.5, 0.6) is 11.5 Å². The van der Waals surface area contributed by atoms with Crippen molar-refractivity contribution in [1.29, 1.82) is 0 Å². The summed E-state index contributed by atoms with van der Waals surface area (Å²) in [5, 5.41) is 18.7. The number of anilines is 2. The van der Waals surface area contributed by atoms with Crippen LogP contribution in [-0.4, -0.2) is 43.2 Å². The molecular formula is C34H37NO4. The van der Waals surface area contributed by atoms with Crippen molar-refractivity contribution in [3.8, 4) is 11.5 Å². The van der Waals surface area contributed by atoms with E-state index in [-0.39, 0.29) is 26.4 Å². The third-order valence-corrected chi connectivity index (χ3v) is 7.78. The average molecular weight is 524 g/mol. The number of fused-ring (bicyclic) bond motifs is 1. The Bertz CT molecular complexity index is 1400. The maximum absolute atomic E-state index is 9.33. The van der Waals surface area contributed by atoms with Gasteiger partial charge in [-0.15, -0.1) is 0 Å². The Hall–Kier alpha value is -3.80. The van der Waals surface area contributed by atoms with E-state index in [4.69, 9.17) is 9.47 Å². The number of nitrogens with zero attached hydrogens (tertiary/aromatic N) is 1. The van der Waals surface area contributed by atoms with Gasteiger partial charge in [-0.3, -0.25) is 0 Å². The highest BCUT2D eigenvalue weighted by molar-refractivity contribution is 5.78. The van der Waals surface area contributed by atoms with Gasteiger partial charge >= 0.3 is 0 Å². The van der Waals surface area contributed by atoms with Crippen molar-refractivity contribution in [3.63, 3.8) is 0 Å². The first-order chi connectivity index (χ1) is 18.9. The lowest BCUT2D eigenvalue weighted by Gasteiger charge is -2.36. The molecule has 0 saturated carbocycles. The van der Waals surface area contributed by atoms with E-state index in [0.717, 1.165) is 46.0 Å². The predicted octanol–water partition coefficient (Wildman–Crippen LogP) is 6.15. The zero-order valence-corrected chi connectivity index (χ0v) is 23.2. The lowest BCUT2D eigenvalue weighted by molar-refractivity contribution is 0.200. The SMILES string of the molecule is Cc1cc(C2(c3cc(C)c(OCCO)cc3C)CN(c3ccccc3)c3ccccc32)c(C)cc1OCCO. The molecule has 5 rings (SSSR count). The lowest BCUT2D eigenvalue weighted by atomic mass is 9.67. The normalized spacial score (nSPS) is 13.8. The minimum absolute atomic E-state index is 0.0211. The molecule has 1 heterocycles. The maximum Gasteiger partial charge on any atom is 0.122 e. The van der Waals surface area contributed by atoms with Gasteiger partial charge in [-0.05, 0) is 97.0 Å². The fourth-order valence-corrected chi connectivity index (χ4v) is 6.04. The highest BCUT2D eigenvalue weighted by atomic mass is 16.5. The molecule has 5 nitrogen and oxygen atoms in total. The van der Waals surface area contributed by atoms with Crippen molar-refractivity contribution in [2.75, 3.05) is 37.9 Å². The van der Waals surface area contributed by atoms with Crippen molar-refractivity contribution < 1.29 is 19.7 Å². The molecule has 0 saturated heterocycles. The molecule has 0 atom stereocenters. The van der Waals surface area contributed by atoms with Gasteiger partial charge in [-0.2, -0.15) is 0 Å². The molecule has 0 amide bonds. The van der Waals surface area contributed by atoms with Crippen LogP contribution >= 0.6 is 0 Å². The Balaban J connectivity index is 1.79. The molecule has 4 aromatic carbocycles. The minimum Gasteiger partial charge on any atom is -0.491 e. The molecular weight excluding hydrogens is 486 g/mol. The Labute approximate surface area is 231 Å². The highest BCUT2D eigenvalue weighted by Gasteiger charge is 2.47. The molecule has 0 fully saturated rings. The van der Waals surface area contributed by atoms with Crippen LogP contribution in [0.4, 0.5) is 11.4 Å². The van der Waals surface area contributed by atoms with E-state index in [9.17, 15) is 10.2 Å². The average Bonchev–Trinajstić information content (AvgIpc) is 3.30. The van der Waals surface area contributed by atoms with Crippen LogP contribution in [0.15, 0.2) is 78.9 Å². The second-order valence-corrected chi connectivity index (χ2v) is 10.4. The standard InChI is InChI=1S/C34H37NO4/c1-23-20-32(38-16-14-36)25(3)18-29(23)34(30-19-26(4)33(21-24(30)2)39-17-15-37)22-35(27-10-6-5-7-11-27)31-13-9-8-12-28(31)34/h5-13,18-21,36-37H,14-17,22H2,1-4H3. The fraction of sp³-hybridized carbons (Fsp3) is 0.294. The minimum atomic E-state index is -0.457. The summed E-state index contributed by atoms with van der Waals surface area (Å²) in [6.07, 6.45) is 0. The number of benzene rings is 4. The molecule has 39 heavy (non-hydrogen) atoms. The van der Waals surface area contributed by atoms with Crippen molar-refractivity contribution in [2.24, 2.45) is 0 Å². The highest BCUT2D eigenvalue weighted by Crippen LogP contribution is 2.54. The summed E-state index contributed by atoms with van der Waals surface area (Å²) in [6, 6.07) is 28.0. The molecule has 202 valence electrons. The Morgan fingerprint density at radius 2 is 1.15 bits per heavy atom. The number of rotatable bonds is 9. The van der Waals surface area contributed by atoms with Crippen LogP contribution < -0.4 is 14.4 Å². The molecule has 1 aliphatic rings. The van der Waals surface area contributed by atoms with E-state index in [0.29, 0.717) is 0 Å². The van der Waals surface area contributed by atoms with Crippen LogP contribution in [0.25, 0.3) is 0 Å². The van der Waals surface area contributed by atoms with E-state index in [1.165, 1.54) is 22.4 Å². The van der Waals surface area contributed by atoms with Crippen LogP contribution in [0.1, 0.15) is 38.9 Å². The Morgan fingerprint density at radius 3 is 1.69 bits per heavy atom. The van der Waals surface area contributed by atoms with Gasteiger partial charge in [0.25, 0.3) is 0 Å². The third kappa shape index (κ3) is 4.77. The predicted molar refractivity (Wildman–Crippen MR) is 157 cm³/mol. The van der Waals surface area contributed by atoms with E-state index >= 15 is 0 Å². The van der Waals surface area contributed by atoms with Crippen LogP contribution in [0, 0.1) is 27.7 Å². The lowest BCUT2D eigenvalue weighted by Crippen LogP contribution is -2.36. The number of aryl methyl sites for hydroxylation is 4. The van der Waals surface area contributed by atoms with E-state index in [1.807, 2.05) is 0 Å². The molecule has 0 radical (unpaired) electrons. The third-order valence-electron chi connectivity index (χ3n) is 7.78. The summed E-state index contributed by atoms with van der Waals surface area (Å²) in [5.74, 6) is 1.60. The van der Waals surface area contributed by atoms with E-state index in [2.05, 4.69) is 111 Å². The van der Waals surface area contributed by atoms with Crippen LogP contribution in [-0.2, 0) is 5.41 Å². The topological polar surface area (TPSA) is 62.2 Å². The molecule has 0 aromatic heterocycles. The number of para-hydroxylation sites is 2. The van der Waals surface area contributed by atoms with Crippen LogP contribution in [0.3, 0.4) is 0 Å². The van der Waals surface area contributed by atoms with Crippen molar-refractivity contribution in [2.45, 2.75) is 33.1 Å². The zero-order chi connectivity index (χ0) is 27.6. The Kier molecular flexibility index (Phi) is 7.65. The first-order valence-electron chi connectivity index (χ1n) is 13.5. The summed E-state index contributed by atoms with van der Waals surface area (Å²) < 4.78 is 11.8. The summed E-state index contributed by atoms with van der Waals surface area (Å²) in [7, 11) is 0. The smallest absolute Gasteiger partial charge is 0.122 e. The van der Waals surface area contributed by atoms with E-state index in [1.54, 1.807) is 0 Å². The molecule has 0 spiro atoms. The van der Waals surface area contributed by atoms with Gasteiger partial charge in [0.15, 0.2) is 0 Å². The van der Waals surface area contributed by atoms with Crippen molar-refractivity contribution in [3.05, 3.63) is 118 Å². The molecule has 0 bridgehead atoms. The number of aliphatic hydroxyl groups is 2. The van der Waals surface area contributed by atoms with Crippen molar-refractivity contribution >= 4 is 11.4 Å². The van der Waals surface area contributed by atoms with Crippen molar-refractivity contribution in [1.82, 2.24) is 0 Å². The number of aliphatic hydroxyl groups excluding tert-OH is 2. The molecule has 4 aromatic rings. The molecule has 1 aliphatic heterocycles. The number of ether oxygens (including phenoxy) is 2. The Morgan fingerprint density at radius 1 is 0.641 bits per heavy atom. The number of hydrogen-bond donors (Lipinski definition) is 2. The summed E-state index contributed by atoms with van der Waals surface area (Å²) in [4.78, 5) is 2.42. The molecule has 0 aliphatic carbocycles. The molecule has 5 heteroatoms. The summed E-state index contributed by atoms with van der Waals surface area (Å²) in [6.45, 7) is 9.68. The number of hydrogen-bond acceptors (Lipinski definition) is 5. The van der Waals surface area contributed by atoms with Gasteiger partial charge in [0.1, 0.15) is 24.7 Å². The first kappa shape index (κ1) is 26.8. The fourth-order valence-electron chi connectivity index (χ4n) is 6.04. The van der Waals surface area contributed by atoms with Gasteiger partial charge < -0.3 is 24.6 Å². The summed E-state index contributed by atoms with van der Waals surface area (Å²) >= 11 is 0. The van der Waals surface area contributed by atoms with E-state index < -0.39 is 5.41 Å². The second-order valence-electron chi connectivity index (χ2n) is 10.4. The molecule has 0 unspecified atom stereocenters. The maximum atomic E-state index is 9.33. The van der Waals surface area contributed by atoms with Gasteiger partial charge in [0.2, 0.25) is 0 Å². The largest absolute Gasteiger partial charge is 0.491 e.